The molecule has 1 aromatic carbocycles. The van der Waals surface area contributed by atoms with E-state index >= 15 is 0 Å². The van der Waals surface area contributed by atoms with E-state index in [-0.39, 0.29) is 0 Å². The minimum atomic E-state index is 1.06. The van der Waals surface area contributed by atoms with Gasteiger partial charge in [0.1, 0.15) is 0 Å². The Bertz CT molecular complexity index is 438. The van der Waals surface area contributed by atoms with E-state index in [0.717, 1.165) is 17.6 Å². The number of nitrogens with two attached hydrogens (primary N) is 1. The molecule has 3 rings (SSSR count). The lowest BCUT2D eigenvalue weighted by Gasteiger charge is -2.05. The van der Waals surface area contributed by atoms with Crippen molar-refractivity contribution in [3.8, 4) is 0 Å². The van der Waals surface area contributed by atoms with Crippen LogP contribution in [-0.4, -0.2) is 4.98 Å². The number of para-hydroxylation sites is 1. The van der Waals surface area contributed by atoms with Crippen molar-refractivity contribution >= 4 is 10.9 Å². The third-order valence-electron chi connectivity index (χ3n) is 2.84. The molecule has 0 amide bonds. The Morgan fingerprint density at radius 1 is 1.00 bits per heavy atom. The number of nitrogens with zero attached hydrogens (tertiary/aromatic N) is 1. The van der Waals surface area contributed by atoms with Crippen molar-refractivity contribution in [2.75, 3.05) is 0 Å². The third kappa shape index (κ3) is 3.59. The summed E-state index contributed by atoms with van der Waals surface area (Å²) in [5, 5.41) is 1.20. The average Bonchev–Trinajstić information content (AvgIpc) is 2.41. The van der Waals surface area contributed by atoms with Crippen LogP contribution in [0.1, 0.15) is 25.7 Å². The molecule has 0 atom stereocenters. The first-order chi connectivity index (χ1) is 8.36. The molecule has 0 saturated heterocycles. The second-order valence-corrected chi connectivity index (χ2v) is 4.22. The van der Waals surface area contributed by atoms with E-state index in [2.05, 4.69) is 23.2 Å². The highest BCUT2D eigenvalue weighted by atomic mass is 14.6. The first-order valence-electron chi connectivity index (χ1n) is 6.10. The van der Waals surface area contributed by atoms with Crippen molar-refractivity contribution in [3.05, 3.63) is 54.4 Å². The summed E-state index contributed by atoms with van der Waals surface area (Å²) in [5.74, 6) is 0. The van der Waals surface area contributed by atoms with Crippen LogP contribution in [0, 0.1) is 0 Å². The van der Waals surface area contributed by atoms with Crippen molar-refractivity contribution < 1.29 is 0 Å². The van der Waals surface area contributed by atoms with Crippen molar-refractivity contribution in [2.45, 2.75) is 25.7 Å². The van der Waals surface area contributed by atoms with Gasteiger partial charge >= 0.3 is 0 Å². The fourth-order valence-electron chi connectivity index (χ4n) is 1.88. The van der Waals surface area contributed by atoms with Crippen molar-refractivity contribution in [1.82, 2.24) is 4.98 Å². The number of allylic oxidation sites excluding steroid dienone is 2. The van der Waals surface area contributed by atoms with Crippen LogP contribution in [0.4, 0.5) is 0 Å². The molecule has 17 heavy (non-hydrogen) atoms. The number of aromatic nitrogens is 1. The molecule has 0 bridgehead atoms. The first kappa shape index (κ1) is 11.6. The predicted octanol–water partition coefficient (Wildman–Crippen LogP) is 3.64. The molecular formula is C15H18N2. The monoisotopic (exact) mass is 226 g/mol. The fraction of sp³-hybridized carbons (Fsp3) is 0.267. The molecule has 0 aliphatic heterocycles. The largest absolute Gasteiger partial charge is 0.402 e. The number of pyridine rings is 1. The Labute approximate surface area is 102 Å². The third-order valence-corrected chi connectivity index (χ3v) is 2.84. The maximum Gasteiger partial charge on any atom is 0.0701 e. The molecular weight excluding hydrogens is 208 g/mol. The lowest BCUT2D eigenvalue weighted by molar-refractivity contribution is 0.696. The summed E-state index contributed by atoms with van der Waals surface area (Å²) in [6.45, 7) is 0. The van der Waals surface area contributed by atoms with Gasteiger partial charge in [-0.3, -0.25) is 4.98 Å². The van der Waals surface area contributed by atoms with E-state index in [9.17, 15) is 0 Å². The summed E-state index contributed by atoms with van der Waals surface area (Å²) in [5.41, 5.74) is 7.65. The van der Waals surface area contributed by atoms with Gasteiger partial charge in [-0.1, -0.05) is 30.3 Å². The lowest BCUT2D eigenvalue weighted by atomic mass is 10.1. The molecule has 2 aromatic rings. The standard InChI is InChI=1S/C9H7N.C6H11N/c1-2-6-9-8(4-1)5-3-7-10-9;7-6-4-2-1-3-5-6/h1-7H;4H,1-3,5,7H2. The number of rotatable bonds is 0. The van der Waals surface area contributed by atoms with Crippen molar-refractivity contribution in [3.63, 3.8) is 0 Å². The van der Waals surface area contributed by atoms with Crippen LogP contribution >= 0.6 is 0 Å². The van der Waals surface area contributed by atoms with Gasteiger partial charge in [0.25, 0.3) is 0 Å². The molecule has 1 aliphatic rings. The second kappa shape index (κ2) is 6.04. The zero-order valence-electron chi connectivity index (χ0n) is 9.97. The second-order valence-electron chi connectivity index (χ2n) is 4.22. The van der Waals surface area contributed by atoms with Crippen molar-refractivity contribution in [2.24, 2.45) is 5.73 Å². The predicted molar refractivity (Wildman–Crippen MR) is 72.5 cm³/mol. The van der Waals surface area contributed by atoms with Crippen LogP contribution in [-0.2, 0) is 0 Å². The summed E-state index contributed by atoms with van der Waals surface area (Å²) < 4.78 is 0. The average molecular weight is 226 g/mol. The Hall–Kier alpha value is -1.83. The lowest BCUT2D eigenvalue weighted by Crippen LogP contribution is -2.00. The van der Waals surface area contributed by atoms with Gasteiger partial charge in [-0.15, -0.1) is 0 Å². The SMILES string of the molecule is NC1=CCCCC1.c1ccc2ncccc2c1. The fourth-order valence-corrected chi connectivity index (χ4v) is 1.88. The summed E-state index contributed by atoms with van der Waals surface area (Å²) in [6, 6.07) is 12.1. The highest BCUT2D eigenvalue weighted by Crippen LogP contribution is 2.11. The van der Waals surface area contributed by atoms with Gasteiger partial charge in [-0.2, -0.15) is 0 Å². The maximum atomic E-state index is 5.50. The van der Waals surface area contributed by atoms with Crippen LogP contribution in [0.2, 0.25) is 0 Å². The Morgan fingerprint density at radius 2 is 1.82 bits per heavy atom. The van der Waals surface area contributed by atoms with Crippen LogP contribution in [0.15, 0.2) is 54.4 Å². The normalized spacial score (nSPS) is 14.7. The molecule has 2 heteroatoms. The molecule has 0 saturated carbocycles. The number of fused-ring (bicyclic) bond motifs is 1. The van der Waals surface area contributed by atoms with E-state index < -0.39 is 0 Å². The highest BCUT2D eigenvalue weighted by molar-refractivity contribution is 5.77. The van der Waals surface area contributed by atoms with Crippen LogP contribution in [0.3, 0.4) is 0 Å². The summed E-state index contributed by atoms with van der Waals surface area (Å²) in [7, 11) is 0. The van der Waals surface area contributed by atoms with Gasteiger partial charge in [0.05, 0.1) is 5.52 Å². The zero-order valence-corrected chi connectivity index (χ0v) is 9.97. The Balaban J connectivity index is 0.000000136. The molecule has 0 spiro atoms. The Morgan fingerprint density at radius 3 is 2.47 bits per heavy atom. The van der Waals surface area contributed by atoms with Gasteiger partial charge in [-0.05, 0) is 37.8 Å². The molecule has 0 radical (unpaired) electrons. The molecule has 1 heterocycles. The van der Waals surface area contributed by atoms with E-state index in [4.69, 9.17) is 5.73 Å². The number of hydrogen-bond acceptors (Lipinski definition) is 2. The zero-order chi connectivity index (χ0) is 11.9. The van der Waals surface area contributed by atoms with Crippen LogP contribution in [0.5, 0.6) is 0 Å². The van der Waals surface area contributed by atoms with Crippen LogP contribution in [0.25, 0.3) is 10.9 Å². The molecule has 1 aliphatic carbocycles. The minimum absolute atomic E-state index is 1.06. The van der Waals surface area contributed by atoms with Gasteiger partial charge in [0.2, 0.25) is 0 Å². The van der Waals surface area contributed by atoms with E-state index in [0.29, 0.717) is 0 Å². The van der Waals surface area contributed by atoms with Gasteiger partial charge in [-0.25, -0.2) is 0 Å². The molecule has 1 aromatic heterocycles. The summed E-state index contributed by atoms with van der Waals surface area (Å²) in [4.78, 5) is 4.18. The quantitative estimate of drug-likeness (QED) is 0.745. The number of hydrogen-bond donors (Lipinski definition) is 1. The topological polar surface area (TPSA) is 38.9 Å². The van der Waals surface area contributed by atoms with Gasteiger partial charge in [0, 0.05) is 17.3 Å². The van der Waals surface area contributed by atoms with E-state index in [1.54, 1.807) is 0 Å². The molecule has 0 fully saturated rings. The van der Waals surface area contributed by atoms with E-state index in [1.165, 1.54) is 24.6 Å². The Kier molecular flexibility index (Phi) is 4.14. The summed E-state index contributed by atoms with van der Waals surface area (Å²) >= 11 is 0. The highest BCUT2D eigenvalue weighted by Gasteiger charge is 1.96. The van der Waals surface area contributed by atoms with Crippen molar-refractivity contribution in [1.29, 1.82) is 0 Å². The summed E-state index contributed by atoms with van der Waals surface area (Å²) in [6.07, 6.45) is 8.89. The number of benzene rings is 1. The van der Waals surface area contributed by atoms with Gasteiger partial charge < -0.3 is 5.73 Å². The minimum Gasteiger partial charge on any atom is -0.402 e. The maximum absolute atomic E-state index is 5.50. The molecule has 2 nitrogen and oxygen atoms in total. The molecule has 0 unspecified atom stereocenters. The van der Waals surface area contributed by atoms with Gasteiger partial charge in [0.15, 0.2) is 0 Å². The first-order valence-corrected chi connectivity index (χ1v) is 6.10. The smallest absolute Gasteiger partial charge is 0.0701 e. The van der Waals surface area contributed by atoms with E-state index in [1.807, 2.05) is 30.5 Å². The molecule has 88 valence electrons. The van der Waals surface area contributed by atoms with Crippen LogP contribution < -0.4 is 5.73 Å². The molecule has 2 N–H and O–H groups in total.